The summed E-state index contributed by atoms with van der Waals surface area (Å²) in [7, 11) is -1.95. The SMILES string of the molecule is COC(=O)[C@@H](N)Cc1ccccc1.COS(=O)(=O)O. The lowest BCUT2D eigenvalue weighted by Gasteiger charge is -2.08. The van der Waals surface area contributed by atoms with Crippen molar-refractivity contribution in [3.8, 4) is 0 Å². The summed E-state index contributed by atoms with van der Waals surface area (Å²) in [4.78, 5) is 11.0. The first-order valence-corrected chi connectivity index (χ1v) is 6.57. The van der Waals surface area contributed by atoms with E-state index in [1.54, 1.807) is 0 Å². The van der Waals surface area contributed by atoms with Gasteiger partial charge in [0.1, 0.15) is 6.04 Å². The number of benzene rings is 1. The Labute approximate surface area is 112 Å². The van der Waals surface area contributed by atoms with Gasteiger partial charge in [0.15, 0.2) is 0 Å². The van der Waals surface area contributed by atoms with Crippen molar-refractivity contribution in [2.75, 3.05) is 14.2 Å². The van der Waals surface area contributed by atoms with Crippen molar-refractivity contribution in [3.63, 3.8) is 0 Å². The van der Waals surface area contributed by atoms with Gasteiger partial charge in [-0.2, -0.15) is 8.42 Å². The molecule has 19 heavy (non-hydrogen) atoms. The molecule has 0 aromatic heterocycles. The maximum absolute atomic E-state index is 11.0. The van der Waals surface area contributed by atoms with Crippen LogP contribution in [0, 0.1) is 0 Å². The van der Waals surface area contributed by atoms with Crippen molar-refractivity contribution in [1.82, 2.24) is 0 Å². The molecule has 0 fully saturated rings. The highest BCUT2D eigenvalue weighted by Crippen LogP contribution is 2.02. The molecule has 108 valence electrons. The zero-order valence-corrected chi connectivity index (χ0v) is 11.5. The third-order valence-electron chi connectivity index (χ3n) is 2.01. The highest BCUT2D eigenvalue weighted by atomic mass is 32.3. The van der Waals surface area contributed by atoms with E-state index in [9.17, 15) is 13.2 Å². The van der Waals surface area contributed by atoms with Crippen LogP contribution in [0.2, 0.25) is 0 Å². The second-order valence-corrected chi connectivity index (χ2v) is 4.60. The summed E-state index contributed by atoms with van der Waals surface area (Å²) in [6.45, 7) is 0. The first-order valence-electron chi connectivity index (χ1n) is 5.20. The van der Waals surface area contributed by atoms with Crippen LogP contribution in [0.25, 0.3) is 0 Å². The van der Waals surface area contributed by atoms with Crippen molar-refractivity contribution >= 4 is 16.4 Å². The van der Waals surface area contributed by atoms with Crippen LogP contribution in [0.5, 0.6) is 0 Å². The lowest BCUT2D eigenvalue weighted by atomic mass is 10.1. The molecule has 0 bridgehead atoms. The summed E-state index contributed by atoms with van der Waals surface area (Å²) in [5.41, 5.74) is 6.63. The molecule has 7 nitrogen and oxygen atoms in total. The van der Waals surface area contributed by atoms with Crippen molar-refractivity contribution in [2.24, 2.45) is 5.73 Å². The van der Waals surface area contributed by atoms with Crippen LogP contribution in [-0.4, -0.2) is 39.2 Å². The van der Waals surface area contributed by atoms with Gasteiger partial charge in [-0.25, -0.2) is 0 Å². The summed E-state index contributed by atoms with van der Waals surface area (Å²) in [6, 6.07) is 9.06. The Morgan fingerprint density at radius 2 is 1.79 bits per heavy atom. The van der Waals surface area contributed by atoms with E-state index in [2.05, 4.69) is 8.92 Å². The number of carbonyl (C=O) groups excluding carboxylic acids is 1. The van der Waals surface area contributed by atoms with Gasteiger partial charge in [-0.1, -0.05) is 30.3 Å². The van der Waals surface area contributed by atoms with Gasteiger partial charge in [-0.15, -0.1) is 0 Å². The average molecular weight is 291 g/mol. The predicted octanol–water partition coefficient (Wildman–Crippen LogP) is 0.165. The first kappa shape index (κ1) is 17.5. The Morgan fingerprint density at radius 1 is 1.32 bits per heavy atom. The highest BCUT2D eigenvalue weighted by Gasteiger charge is 2.13. The lowest BCUT2D eigenvalue weighted by Crippen LogP contribution is -2.33. The van der Waals surface area contributed by atoms with Crippen LogP contribution in [0.4, 0.5) is 0 Å². The molecule has 0 amide bonds. The van der Waals surface area contributed by atoms with E-state index in [1.807, 2.05) is 30.3 Å². The molecule has 1 rings (SSSR count). The van der Waals surface area contributed by atoms with Crippen molar-refractivity contribution in [1.29, 1.82) is 0 Å². The second kappa shape index (κ2) is 8.59. The molecule has 0 spiro atoms. The molecule has 1 aromatic carbocycles. The quantitative estimate of drug-likeness (QED) is 0.599. The smallest absolute Gasteiger partial charge is 0.397 e. The minimum Gasteiger partial charge on any atom is -0.468 e. The molecule has 0 aliphatic carbocycles. The summed E-state index contributed by atoms with van der Waals surface area (Å²) >= 11 is 0. The average Bonchev–Trinajstić information content (AvgIpc) is 2.38. The maximum Gasteiger partial charge on any atom is 0.397 e. The van der Waals surface area contributed by atoms with Gasteiger partial charge in [0, 0.05) is 0 Å². The van der Waals surface area contributed by atoms with Crippen molar-refractivity contribution in [2.45, 2.75) is 12.5 Å². The molecule has 0 saturated carbocycles. The minimum atomic E-state index is -4.16. The van der Waals surface area contributed by atoms with Crippen LogP contribution >= 0.6 is 0 Å². The zero-order chi connectivity index (χ0) is 14.9. The molecule has 0 unspecified atom stereocenters. The van der Waals surface area contributed by atoms with Crippen LogP contribution < -0.4 is 5.73 Å². The normalized spacial score (nSPS) is 12.0. The van der Waals surface area contributed by atoms with Crippen LogP contribution in [0.3, 0.4) is 0 Å². The molecule has 3 N–H and O–H groups in total. The molecule has 8 heteroatoms. The number of hydrogen-bond acceptors (Lipinski definition) is 6. The van der Waals surface area contributed by atoms with E-state index < -0.39 is 16.4 Å². The molecule has 0 aliphatic rings. The molecular weight excluding hydrogens is 274 g/mol. The van der Waals surface area contributed by atoms with Crippen molar-refractivity contribution in [3.05, 3.63) is 35.9 Å². The fourth-order valence-electron chi connectivity index (χ4n) is 1.10. The minimum absolute atomic E-state index is 0.371. The largest absolute Gasteiger partial charge is 0.468 e. The van der Waals surface area contributed by atoms with E-state index in [0.29, 0.717) is 6.42 Å². The Morgan fingerprint density at radius 3 is 2.16 bits per heavy atom. The third kappa shape index (κ3) is 9.14. The highest BCUT2D eigenvalue weighted by molar-refractivity contribution is 7.80. The fourth-order valence-corrected chi connectivity index (χ4v) is 1.10. The van der Waals surface area contributed by atoms with Gasteiger partial charge in [0.25, 0.3) is 0 Å². The Kier molecular flexibility index (Phi) is 7.92. The van der Waals surface area contributed by atoms with Crippen LogP contribution in [0.15, 0.2) is 30.3 Å². The topological polar surface area (TPSA) is 116 Å². The molecule has 0 radical (unpaired) electrons. The van der Waals surface area contributed by atoms with Gasteiger partial charge >= 0.3 is 16.4 Å². The Hall–Kier alpha value is -1.48. The predicted molar refractivity (Wildman–Crippen MR) is 68.7 cm³/mol. The van der Waals surface area contributed by atoms with Crippen LogP contribution in [-0.2, 0) is 30.5 Å². The van der Waals surface area contributed by atoms with Gasteiger partial charge < -0.3 is 10.5 Å². The van der Waals surface area contributed by atoms with Crippen molar-refractivity contribution < 1.29 is 26.7 Å². The van der Waals surface area contributed by atoms with Gasteiger partial charge in [0.05, 0.1) is 14.2 Å². The molecule has 0 saturated heterocycles. The fraction of sp³-hybridized carbons (Fsp3) is 0.364. The number of methoxy groups -OCH3 is 1. The molecule has 1 atom stereocenters. The zero-order valence-electron chi connectivity index (χ0n) is 10.6. The first-order chi connectivity index (χ1) is 8.80. The maximum atomic E-state index is 11.0. The number of nitrogens with two attached hydrogens (primary N) is 1. The number of ether oxygens (including phenoxy) is 1. The van der Waals surface area contributed by atoms with E-state index in [0.717, 1.165) is 12.7 Å². The summed E-state index contributed by atoms with van der Waals surface area (Å²) in [5, 5.41) is 0. The van der Waals surface area contributed by atoms with Gasteiger partial charge in [-0.3, -0.25) is 13.5 Å². The molecular formula is C11H17NO6S. The number of hydrogen-bond donors (Lipinski definition) is 2. The summed E-state index contributed by atoms with van der Waals surface area (Å²) in [6.07, 6.45) is 0.521. The molecule has 0 aliphatic heterocycles. The second-order valence-electron chi connectivity index (χ2n) is 3.41. The molecule has 1 aromatic rings. The Balaban J connectivity index is 0.000000459. The van der Waals surface area contributed by atoms with E-state index in [4.69, 9.17) is 10.3 Å². The standard InChI is InChI=1S/C10H13NO2.CH4O4S/c1-13-10(12)9(11)7-8-5-3-2-4-6-8;1-5-6(2,3)4/h2-6,9H,7,11H2,1H3;1H3,(H,2,3,4)/t9-;/m0./s1. The Bertz CT molecular complexity index is 473. The monoisotopic (exact) mass is 291 g/mol. The van der Waals surface area contributed by atoms with Gasteiger partial charge in [0.2, 0.25) is 0 Å². The number of carbonyl (C=O) groups is 1. The summed E-state index contributed by atoms with van der Waals surface area (Å²) < 4.78 is 34.2. The number of esters is 1. The van der Waals surface area contributed by atoms with E-state index in [-0.39, 0.29) is 5.97 Å². The van der Waals surface area contributed by atoms with Gasteiger partial charge in [-0.05, 0) is 12.0 Å². The van der Waals surface area contributed by atoms with Crippen LogP contribution in [0.1, 0.15) is 5.56 Å². The number of rotatable bonds is 4. The van der Waals surface area contributed by atoms with E-state index >= 15 is 0 Å². The third-order valence-corrected chi connectivity index (χ3v) is 2.43. The summed E-state index contributed by atoms with van der Waals surface area (Å²) in [5.74, 6) is -0.371. The molecule has 0 heterocycles. The van der Waals surface area contributed by atoms with E-state index in [1.165, 1.54) is 7.11 Å². The lowest BCUT2D eigenvalue weighted by molar-refractivity contribution is -0.142.